The van der Waals surface area contributed by atoms with E-state index in [1.807, 2.05) is 62.1 Å². The molecule has 0 bridgehead atoms. The first-order valence-electron chi connectivity index (χ1n) is 7.24. The standard InChI is InChI=1S/C17H23N3O/c1-4-20(12-15-8-6-5-7-9-15)13-16(10-18)17(21)19-11-14(2)3/h5-9,13-14H,4,11-12H2,1-3H3,(H,19,21)/b16-13-. The third-order valence-corrected chi connectivity index (χ3v) is 2.98. The summed E-state index contributed by atoms with van der Waals surface area (Å²) in [4.78, 5) is 13.9. The lowest BCUT2D eigenvalue weighted by Gasteiger charge is -2.19. The minimum Gasteiger partial charge on any atom is -0.372 e. The van der Waals surface area contributed by atoms with Gasteiger partial charge in [-0.05, 0) is 18.4 Å². The van der Waals surface area contributed by atoms with E-state index in [0.29, 0.717) is 19.0 Å². The Kier molecular flexibility index (Phi) is 7.03. The fraction of sp³-hybridized carbons (Fsp3) is 0.412. The molecule has 1 N–H and O–H groups in total. The average molecular weight is 285 g/mol. The van der Waals surface area contributed by atoms with Crippen LogP contribution in [0.2, 0.25) is 0 Å². The zero-order valence-corrected chi connectivity index (χ0v) is 13.0. The zero-order chi connectivity index (χ0) is 15.7. The van der Waals surface area contributed by atoms with Crippen LogP contribution in [0.4, 0.5) is 0 Å². The van der Waals surface area contributed by atoms with Crippen molar-refractivity contribution in [1.82, 2.24) is 10.2 Å². The topological polar surface area (TPSA) is 56.1 Å². The minimum absolute atomic E-state index is 0.147. The van der Waals surface area contributed by atoms with Gasteiger partial charge in [0.25, 0.3) is 5.91 Å². The van der Waals surface area contributed by atoms with E-state index in [0.717, 1.165) is 12.1 Å². The van der Waals surface area contributed by atoms with Crippen LogP contribution in [0.3, 0.4) is 0 Å². The molecular weight excluding hydrogens is 262 g/mol. The highest BCUT2D eigenvalue weighted by atomic mass is 16.1. The molecule has 0 saturated heterocycles. The van der Waals surface area contributed by atoms with E-state index < -0.39 is 0 Å². The fourth-order valence-corrected chi connectivity index (χ4v) is 1.78. The smallest absolute Gasteiger partial charge is 0.263 e. The molecule has 0 aliphatic rings. The maximum absolute atomic E-state index is 12.0. The summed E-state index contributed by atoms with van der Waals surface area (Å²) < 4.78 is 0. The second-order valence-electron chi connectivity index (χ2n) is 5.31. The molecule has 1 amide bonds. The van der Waals surface area contributed by atoms with Gasteiger partial charge in [-0.1, -0.05) is 44.2 Å². The van der Waals surface area contributed by atoms with Crippen LogP contribution in [-0.2, 0) is 11.3 Å². The van der Waals surface area contributed by atoms with E-state index in [9.17, 15) is 4.79 Å². The fourth-order valence-electron chi connectivity index (χ4n) is 1.78. The first-order chi connectivity index (χ1) is 10.1. The van der Waals surface area contributed by atoms with Crippen LogP contribution in [0.5, 0.6) is 0 Å². The Labute approximate surface area is 127 Å². The highest BCUT2D eigenvalue weighted by molar-refractivity contribution is 5.97. The third kappa shape index (κ3) is 6.13. The minimum atomic E-state index is -0.308. The van der Waals surface area contributed by atoms with Crippen LogP contribution in [0.25, 0.3) is 0 Å². The molecule has 0 radical (unpaired) electrons. The average Bonchev–Trinajstić information content (AvgIpc) is 2.49. The van der Waals surface area contributed by atoms with Crippen LogP contribution in [-0.4, -0.2) is 23.9 Å². The van der Waals surface area contributed by atoms with Gasteiger partial charge in [-0.3, -0.25) is 4.79 Å². The second kappa shape index (κ2) is 8.80. The lowest BCUT2D eigenvalue weighted by molar-refractivity contribution is -0.117. The number of hydrogen-bond donors (Lipinski definition) is 1. The highest BCUT2D eigenvalue weighted by Gasteiger charge is 2.11. The van der Waals surface area contributed by atoms with Crippen molar-refractivity contribution in [2.24, 2.45) is 5.92 Å². The molecule has 1 aromatic rings. The zero-order valence-electron chi connectivity index (χ0n) is 13.0. The first-order valence-corrected chi connectivity index (χ1v) is 7.24. The molecule has 0 aromatic heterocycles. The number of carbonyl (C=O) groups excluding carboxylic acids is 1. The summed E-state index contributed by atoms with van der Waals surface area (Å²) in [5, 5.41) is 11.9. The van der Waals surface area contributed by atoms with E-state index in [4.69, 9.17) is 5.26 Å². The van der Waals surface area contributed by atoms with Gasteiger partial charge in [0.05, 0.1) is 0 Å². The quantitative estimate of drug-likeness (QED) is 0.619. The molecule has 0 aliphatic carbocycles. The van der Waals surface area contributed by atoms with Crippen LogP contribution in [0, 0.1) is 17.2 Å². The Morgan fingerprint density at radius 2 is 2.05 bits per heavy atom. The van der Waals surface area contributed by atoms with Crippen molar-refractivity contribution in [3.63, 3.8) is 0 Å². The van der Waals surface area contributed by atoms with Gasteiger partial charge in [-0.25, -0.2) is 0 Å². The maximum Gasteiger partial charge on any atom is 0.263 e. The molecule has 1 aromatic carbocycles. The summed E-state index contributed by atoms with van der Waals surface area (Å²) in [6.07, 6.45) is 1.64. The van der Waals surface area contributed by atoms with Crippen molar-refractivity contribution in [3.8, 4) is 6.07 Å². The number of carbonyl (C=O) groups is 1. The summed E-state index contributed by atoms with van der Waals surface area (Å²) in [6.45, 7) is 8.02. The summed E-state index contributed by atoms with van der Waals surface area (Å²) in [5.74, 6) is 0.0539. The molecule has 0 unspecified atom stereocenters. The number of hydrogen-bond acceptors (Lipinski definition) is 3. The van der Waals surface area contributed by atoms with Gasteiger partial charge in [-0.15, -0.1) is 0 Å². The predicted octanol–water partition coefficient (Wildman–Crippen LogP) is 2.69. The second-order valence-corrected chi connectivity index (χ2v) is 5.31. The molecule has 0 atom stereocenters. The van der Waals surface area contributed by atoms with Gasteiger partial charge in [0.1, 0.15) is 11.6 Å². The summed E-state index contributed by atoms with van der Waals surface area (Å²) >= 11 is 0. The number of rotatable bonds is 7. The van der Waals surface area contributed by atoms with Crippen molar-refractivity contribution in [2.45, 2.75) is 27.3 Å². The van der Waals surface area contributed by atoms with Crippen molar-refractivity contribution >= 4 is 5.91 Å². The third-order valence-electron chi connectivity index (χ3n) is 2.98. The van der Waals surface area contributed by atoms with Gasteiger partial charge in [-0.2, -0.15) is 5.26 Å². The molecule has 0 heterocycles. The van der Waals surface area contributed by atoms with Crippen molar-refractivity contribution < 1.29 is 4.79 Å². The van der Waals surface area contributed by atoms with Gasteiger partial charge in [0, 0.05) is 25.8 Å². The molecular formula is C17H23N3O. The van der Waals surface area contributed by atoms with Gasteiger partial charge >= 0.3 is 0 Å². The Hall–Kier alpha value is -2.28. The first kappa shape index (κ1) is 16.8. The number of benzene rings is 1. The molecule has 0 fully saturated rings. The molecule has 112 valence electrons. The van der Waals surface area contributed by atoms with E-state index in [1.165, 1.54) is 0 Å². The van der Waals surface area contributed by atoms with Gasteiger partial charge in [0.15, 0.2) is 0 Å². The van der Waals surface area contributed by atoms with Crippen molar-refractivity contribution in [1.29, 1.82) is 5.26 Å². The summed E-state index contributed by atoms with van der Waals surface area (Å²) in [6, 6.07) is 12.0. The number of nitrogens with zero attached hydrogens (tertiary/aromatic N) is 2. The molecule has 0 saturated carbocycles. The van der Waals surface area contributed by atoms with E-state index >= 15 is 0 Å². The van der Waals surface area contributed by atoms with Crippen LogP contribution in [0.15, 0.2) is 42.1 Å². The van der Waals surface area contributed by atoms with Crippen molar-refractivity contribution in [3.05, 3.63) is 47.7 Å². The normalized spacial score (nSPS) is 11.1. The Bertz CT molecular complexity index is 515. The summed E-state index contributed by atoms with van der Waals surface area (Å²) in [7, 11) is 0. The lowest BCUT2D eigenvalue weighted by atomic mass is 10.2. The van der Waals surface area contributed by atoms with E-state index in [-0.39, 0.29) is 11.5 Å². The van der Waals surface area contributed by atoms with Gasteiger partial charge in [0.2, 0.25) is 0 Å². The number of nitriles is 1. The largest absolute Gasteiger partial charge is 0.372 e. The van der Waals surface area contributed by atoms with Crippen LogP contribution in [0.1, 0.15) is 26.3 Å². The monoisotopic (exact) mass is 285 g/mol. The molecule has 0 spiro atoms. The van der Waals surface area contributed by atoms with E-state index in [1.54, 1.807) is 6.20 Å². The Balaban J connectivity index is 2.74. The number of amides is 1. The Morgan fingerprint density at radius 3 is 2.57 bits per heavy atom. The molecule has 21 heavy (non-hydrogen) atoms. The molecule has 4 nitrogen and oxygen atoms in total. The molecule has 4 heteroatoms. The van der Waals surface area contributed by atoms with Crippen LogP contribution < -0.4 is 5.32 Å². The van der Waals surface area contributed by atoms with Crippen molar-refractivity contribution in [2.75, 3.05) is 13.1 Å². The predicted molar refractivity (Wildman–Crippen MR) is 84.1 cm³/mol. The molecule has 0 aliphatic heterocycles. The highest BCUT2D eigenvalue weighted by Crippen LogP contribution is 2.07. The van der Waals surface area contributed by atoms with Gasteiger partial charge < -0.3 is 10.2 Å². The van der Waals surface area contributed by atoms with E-state index in [2.05, 4.69) is 5.32 Å². The van der Waals surface area contributed by atoms with Crippen LogP contribution >= 0.6 is 0 Å². The SMILES string of the molecule is CCN(/C=C(/C#N)C(=O)NCC(C)C)Cc1ccccc1. The summed E-state index contributed by atoms with van der Waals surface area (Å²) in [5.41, 5.74) is 1.30. The molecule has 1 rings (SSSR count). The lowest BCUT2D eigenvalue weighted by Crippen LogP contribution is -2.29. The Morgan fingerprint density at radius 1 is 1.38 bits per heavy atom. The number of nitrogens with one attached hydrogen (secondary N) is 1. The maximum atomic E-state index is 12.0.